The van der Waals surface area contributed by atoms with E-state index in [1.54, 1.807) is 12.1 Å². The number of nitrogens with one attached hydrogen (secondary N) is 1. The molecule has 3 heteroatoms. The van der Waals surface area contributed by atoms with Crippen molar-refractivity contribution < 1.29 is 9.23 Å². The number of hydrogen-bond acceptors (Lipinski definition) is 2. The van der Waals surface area contributed by atoms with Crippen molar-refractivity contribution in [3.05, 3.63) is 41.7 Å². The molecule has 0 saturated carbocycles. The van der Waals surface area contributed by atoms with Gasteiger partial charge in [0.05, 0.1) is 12.8 Å². The molecule has 1 N–H and O–H groups in total. The lowest BCUT2D eigenvalue weighted by atomic mass is 10.1. The van der Waals surface area contributed by atoms with Gasteiger partial charge in [-0.05, 0) is 36.8 Å². The summed E-state index contributed by atoms with van der Waals surface area (Å²) in [6.07, 6.45) is 1.86. The van der Waals surface area contributed by atoms with Gasteiger partial charge in [-0.1, -0.05) is 6.08 Å². The fourth-order valence-corrected chi connectivity index (χ4v) is 1.02. The van der Waals surface area contributed by atoms with Crippen molar-refractivity contribution in [1.82, 2.24) is 5.48 Å². The predicted molar refractivity (Wildman–Crippen MR) is 50.2 cm³/mol. The average molecular weight is 181 g/mol. The summed E-state index contributed by atoms with van der Waals surface area (Å²) >= 11 is 0. The highest BCUT2D eigenvalue weighted by molar-refractivity contribution is 5.62. The summed E-state index contributed by atoms with van der Waals surface area (Å²) in [6.45, 7) is 1.88. The van der Waals surface area contributed by atoms with Gasteiger partial charge in [-0.25, -0.2) is 4.39 Å². The molecule has 0 heterocycles. The average Bonchev–Trinajstić information content (AvgIpc) is 2.16. The molecular weight excluding hydrogens is 169 g/mol. The van der Waals surface area contributed by atoms with E-state index in [1.807, 2.05) is 13.0 Å². The monoisotopic (exact) mass is 181 g/mol. The van der Waals surface area contributed by atoms with Crippen molar-refractivity contribution in [3.8, 4) is 0 Å². The van der Waals surface area contributed by atoms with E-state index in [1.165, 1.54) is 19.2 Å². The summed E-state index contributed by atoms with van der Waals surface area (Å²) in [7, 11) is 1.53. The maximum atomic E-state index is 12.6. The van der Waals surface area contributed by atoms with Gasteiger partial charge in [0.15, 0.2) is 0 Å². The van der Waals surface area contributed by atoms with E-state index in [2.05, 4.69) is 5.48 Å². The van der Waals surface area contributed by atoms with Crippen LogP contribution in [0.5, 0.6) is 0 Å². The van der Waals surface area contributed by atoms with Crippen molar-refractivity contribution >= 4 is 5.70 Å². The Hall–Kier alpha value is -1.35. The second kappa shape index (κ2) is 4.62. The van der Waals surface area contributed by atoms with Crippen LogP contribution in [-0.2, 0) is 4.84 Å². The van der Waals surface area contributed by atoms with Crippen LogP contribution in [0.25, 0.3) is 5.70 Å². The van der Waals surface area contributed by atoms with Gasteiger partial charge in [-0.15, -0.1) is 0 Å². The van der Waals surface area contributed by atoms with Crippen LogP contribution in [0.2, 0.25) is 0 Å². The van der Waals surface area contributed by atoms with E-state index >= 15 is 0 Å². The predicted octanol–water partition coefficient (Wildman–Crippen LogP) is 2.34. The Morgan fingerprint density at radius 2 is 2.00 bits per heavy atom. The lowest BCUT2D eigenvalue weighted by Gasteiger charge is -2.07. The summed E-state index contributed by atoms with van der Waals surface area (Å²) in [6, 6.07) is 6.21. The molecule has 0 saturated heterocycles. The highest BCUT2D eigenvalue weighted by Crippen LogP contribution is 2.11. The second-order valence-electron chi connectivity index (χ2n) is 2.52. The summed E-state index contributed by atoms with van der Waals surface area (Å²) < 4.78 is 12.6. The van der Waals surface area contributed by atoms with Crippen LogP contribution >= 0.6 is 0 Å². The molecule has 0 unspecified atom stereocenters. The molecule has 0 fully saturated rings. The number of hydrogen-bond donors (Lipinski definition) is 1. The van der Waals surface area contributed by atoms with Gasteiger partial charge in [-0.3, -0.25) is 10.3 Å². The first kappa shape index (κ1) is 9.74. The molecule has 0 spiro atoms. The Balaban J connectivity index is 2.87. The smallest absolute Gasteiger partial charge is 0.123 e. The fraction of sp³-hybridized carbons (Fsp3) is 0.200. The Morgan fingerprint density at radius 3 is 2.46 bits per heavy atom. The molecule has 0 bridgehead atoms. The van der Waals surface area contributed by atoms with Gasteiger partial charge in [0.2, 0.25) is 0 Å². The zero-order valence-electron chi connectivity index (χ0n) is 7.67. The van der Waals surface area contributed by atoms with Gasteiger partial charge in [0.1, 0.15) is 5.82 Å². The number of rotatable bonds is 3. The third-order valence-electron chi connectivity index (χ3n) is 1.66. The normalized spacial score (nSPS) is 11.5. The molecule has 0 amide bonds. The Labute approximate surface area is 77.0 Å². The van der Waals surface area contributed by atoms with Crippen molar-refractivity contribution in [2.75, 3.05) is 7.11 Å². The third-order valence-corrected chi connectivity index (χ3v) is 1.66. The van der Waals surface area contributed by atoms with E-state index in [0.29, 0.717) is 0 Å². The summed E-state index contributed by atoms with van der Waals surface area (Å²) in [4.78, 5) is 4.77. The third kappa shape index (κ3) is 2.56. The van der Waals surface area contributed by atoms with Gasteiger partial charge in [-0.2, -0.15) is 0 Å². The number of hydroxylamine groups is 1. The molecule has 0 aliphatic heterocycles. The molecule has 0 aliphatic rings. The number of halogens is 1. The maximum Gasteiger partial charge on any atom is 0.123 e. The van der Waals surface area contributed by atoms with E-state index in [9.17, 15) is 4.39 Å². The van der Waals surface area contributed by atoms with E-state index < -0.39 is 0 Å². The van der Waals surface area contributed by atoms with Crippen LogP contribution < -0.4 is 5.48 Å². The molecule has 13 heavy (non-hydrogen) atoms. The van der Waals surface area contributed by atoms with Gasteiger partial charge >= 0.3 is 0 Å². The molecule has 0 aromatic heterocycles. The Kier molecular flexibility index (Phi) is 3.46. The van der Waals surface area contributed by atoms with Crippen LogP contribution in [0.15, 0.2) is 30.3 Å². The first-order valence-electron chi connectivity index (χ1n) is 3.99. The first-order chi connectivity index (χ1) is 6.27. The Bertz CT molecular complexity index is 292. The minimum absolute atomic E-state index is 0.239. The molecule has 0 aliphatic carbocycles. The zero-order chi connectivity index (χ0) is 9.68. The van der Waals surface area contributed by atoms with Crippen molar-refractivity contribution in [3.63, 3.8) is 0 Å². The lowest BCUT2D eigenvalue weighted by Crippen LogP contribution is -2.09. The van der Waals surface area contributed by atoms with E-state index in [4.69, 9.17) is 4.84 Å². The molecule has 2 nitrogen and oxygen atoms in total. The highest BCUT2D eigenvalue weighted by atomic mass is 19.1. The topological polar surface area (TPSA) is 21.3 Å². The van der Waals surface area contributed by atoms with Gasteiger partial charge in [0, 0.05) is 0 Å². The molecule has 1 rings (SSSR count). The Morgan fingerprint density at radius 1 is 1.38 bits per heavy atom. The highest BCUT2D eigenvalue weighted by Gasteiger charge is 1.98. The molecule has 1 aromatic rings. The zero-order valence-corrected chi connectivity index (χ0v) is 7.67. The van der Waals surface area contributed by atoms with Crippen LogP contribution in [0.1, 0.15) is 12.5 Å². The molecular formula is C10H12FNO. The molecule has 0 radical (unpaired) electrons. The molecule has 1 aromatic carbocycles. The van der Waals surface area contributed by atoms with Gasteiger partial charge in [0.25, 0.3) is 0 Å². The van der Waals surface area contributed by atoms with Crippen LogP contribution in [0.3, 0.4) is 0 Å². The van der Waals surface area contributed by atoms with E-state index in [-0.39, 0.29) is 5.82 Å². The SMILES string of the molecule is CC=C(NOC)c1ccc(F)cc1. The second-order valence-corrected chi connectivity index (χ2v) is 2.52. The fourth-order valence-electron chi connectivity index (χ4n) is 1.02. The minimum Gasteiger partial charge on any atom is -0.279 e. The van der Waals surface area contributed by atoms with Crippen molar-refractivity contribution in [2.24, 2.45) is 0 Å². The summed E-state index contributed by atoms with van der Waals surface area (Å²) in [5.41, 5.74) is 4.42. The maximum absolute atomic E-state index is 12.6. The quantitative estimate of drug-likeness (QED) is 0.722. The van der Waals surface area contributed by atoms with Crippen LogP contribution in [0, 0.1) is 5.82 Å². The van der Waals surface area contributed by atoms with Crippen molar-refractivity contribution in [1.29, 1.82) is 0 Å². The van der Waals surface area contributed by atoms with Gasteiger partial charge < -0.3 is 0 Å². The van der Waals surface area contributed by atoms with Crippen molar-refractivity contribution in [2.45, 2.75) is 6.92 Å². The van der Waals surface area contributed by atoms with Crippen LogP contribution in [0.4, 0.5) is 4.39 Å². The number of allylic oxidation sites excluding steroid dienone is 1. The molecule has 70 valence electrons. The molecule has 0 atom stereocenters. The largest absolute Gasteiger partial charge is 0.279 e. The standard InChI is InChI=1S/C10H12FNO/c1-3-10(12-13-2)8-4-6-9(11)7-5-8/h3-7,12H,1-2H3. The first-order valence-corrected chi connectivity index (χ1v) is 3.99. The minimum atomic E-state index is -0.239. The van der Waals surface area contributed by atoms with E-state index in [0.717, 1.165) is 11.3 Å². The summed E-state index contributed by atoms with van der Waals surface area (Å²) in [5.74, 6) is -0.239. The summed E-state index contributed by atoms with van der Waals surface area (Å²) in [5, 5.41) is 0. The number of benzene rings is 1. The lowest BCUT2D eigenvalue weighted by molar-refractivity contribution is 0.136. The van der Waals surface area contributed by atoms with Crippen LogP contribution in [-0.4, -0.2) is 7.11 Å².